The Morgan fingerprint density at radius 1 is 1.50 bits per heavy atom. The Kier molecular flexibility index (Phi) is 5.38. The molecule has 0 spiro atoms. The number of aromatic nitrogens is 1. The lowest BCUT2D eigenvalue weighted by Crippen LogP contribution is -2.16. The molecule has 0 amide bonds. The first-order valence-electron chi connectivity index (χ1n) is 5.77. The Hall–Kier alpha value is -1.82. The van der Waals surface area contributed by atoms with E-state index in [-0.39, 0.29) is 5.84 Å². The molecule has 0 radical (unpaired) electrons. The highest BCUT2D eigenvalue weighted by atomic mass is 16.5. The Morgan fingerprint density at radius 3 is 2.83 bits per heavy atom. The van der Waals surface area contributed by atoms with E-state index in [0.29, 0.717) is 18.1 Å². The van der Waals surface area contributed by atoms with Crippen molar-refractivity contribution < 1.29 is 9.94 Å². The molecule has 0 fully saturated rings. The van der Waals surface area contributed by atoms with Crippen LogP contribution in [-0.4, -0.2) is 48.2 Å². The molecule has 0 unspecified atom stereocenters. The van der Waals surface area contributed by atoms with Crippen LogP contribution in [0, 0.1) is 6.92 Å². The summed E-state index contributed by atoms with van der Waals surface area (Å²) < 4.78 is 5.54. The van der Waals surface area contributed by atoms with Crippen molar-refractivity contribution >= 4 is 5.84 Å². The summed E-state index contributed by atoms with van der Waals surface area (Å²) in [6, 6.07) is 3.40. The highest BCUT2D eigenvalue weighted by molar-refractivity contribution is 5.97. The molecule has 6 nitrogen and oxygen atoms in total. The zero-order chi connectivity index (χ0) is 13.5. The fourth-order valence-corrected chi connectivity index (χ4v) is 1.48. The van der Waals surface area contributed by atoms with E-state index in [1.54, 1.807) is 12.1 Å². The van der Waals surface area contributed by atoms with Crippen LogP contribution in [0.2, 0.25) is 0 Å². The lowest BCUT2D eigenvalue weighted by Gasteiger charge is -2.11. The van der Waals surface area contributed by atoms with Crippen molar-refractivity contribution in [2.75, 3.05) is 27.2 Å². The van der Waals surface area contributed by atoms with Crippen LogP contribution in [0.15, 0.2) is 17.3 Å². The molecule has 6 heteroatoms. The molecule has 1 heterocycles. The molecule has 3 N–H and O–H groups in total. The monoisotopic (exact) mass is 252 g/mol. The van der Waals surface area contributed by atoms with Gasteiger partial charge in [-0.05, 0) is 33.5 Å². The molecule has 1 aromatic heterocycles. The van der Waals surface area contributed by atoms with Crippen molar-refractivity contribution in [3.05, 3.63) is 23.4 Å². The quantitative estimate of drug-likeness (QED) is 0.257. The van der Waals surface area contributed by atoms with Crippen LogP contribution in [0.1, 0.15) is 17.7 Å². The average Bonchev–Trinajstić information content (AvgIpc) is 2.32. The van der Waals surface area contributed by atoms with Crippen LogP contribution in [0.4, 0.5) is 0 Å². The van der Waals surface area contributed by atoms with Gasteiger partial charge in [-0.2, -0.15) is 0 Å². The second-order valence-electron chi connectivity index (χ2n) is 4.33. The molecule has 0 aliphatic carbocycles. The van der Waals surface area contributed by atoms with Crippen LogP contribution in [0.3, 0.4) is 0 Å². The standard InChI is InChI=1S/C12H20N4O2/c1-9-7-10(12(13)15-17)8-11(14-9)18-6-4-5-16(2)3/h7-8,17H,4-6H2,1-3H3,(H2,13,15). The van der Waals surface area contributed by atoms with E-state index < -0.39 is 0 Å². The molecular weight excluding hydrogens is 232 g/mol. The molecule has 0 aliphatic rings. The molecule has 0 aliphatic heterocycles. The molecular formula is C12H20N4O2. The van der Waals surface area contributed by atoms with Gasteiger partial charge >= 0.3 is 0 Å². The molecule has 0 saturated heterocycles. The Bertz CT molecular complexity index is 419. The number of amidine groups is 1. The van der Waals surface area contributed by atoms with Gasteiger partial charge in [0.25, 0.3) is 0 Å². The minimum Gasteiger partial charge on any atom is -0.478 e. The summed E-state index contributed by atoms with van der Waals surface area (Å²) in [6.07, 6.45) is 0.918. The van der Waals surface area contributed by atoms with Gasteiger partial charge in [-0.15, -0.1) is 0 Å². The highest BCUT2D eigenvalue weighted by Gasteiger charge is 2.05. The number of oxime groups is 1. The third kappa shape index (κ3) is 4.58. The third-order valence-electron chi connectivity index (χ3n) is 2.33. The smallest absolute Gasteiger partial charge is 0.214 e. The molecule has 0 saturated carbocycles. The summed E-state index contributed by atoms with van der Waals surface area (Å²) >= 11 is 0. The van der Waals surface area contributed by atoms with Gasteiger partial charge in [0.15, 0.2) is 5.84 Å². The fourth-order valence-electron chi connectivity index (χ4n) is 1.48. The van der Waals surface area contributed by atoms with E-state index in [2.05, 4.69) is 15.0 Å². The molecule has 1 rings (SSSR count). The topological polar surface area (TPSA) is 84.0 Å². The summed E-state index contributed by atoms with van der Waals surface area (Å²) in [5.41, 5.74) is 6.91. The Labute approximate surface area is 107 Å². The molecule has 0 aromatic carbocycles. The number of pyridine rings is 1. The number of nitrogens with two attached hydrogens (primary N) is 1. The van der Waals surface area contributed by atoms with Gasteiger partial charge < -0.3 is 20.6 Å². The maximum atomic E-state index is 8.64. The number of nitrogens with zero attached hydrogens (tertiary/aromatic N) is 3. The third-order valence-corrected chi connectivity index (χ3v) is 2.33. The van der Waals surface area contributed by atoms with Crippen molar-refractivity contribution in [1.82, 2.24) is 9.88 Å². The molecule has 0 atom stereocenters. The van der Waals surface area contributed by atoms with Gasteiger partial charge in [-0.1, -0.05) is 5.16 Å². The number of hydrogen-bond acceptors (Lipinski definition) is 5. The van der Waals surface area contributed by atoms with Crippen LogP contribution in [0.25, 0.3) is 0 Å². The summed E-state index contributed by atoms with van der Waals surface area (Å²) in [5.74, 6) is 0.550. The predicted molar refractivity (Wildman–Crippen MR) is 70.2 cm³/mol. The van der Waals surface area contributed by atoms with E-state index in [1.165, 1.54) is 0 Å². The zero-order valence-electron chi connectivity index (χ0n) is 11.1. The normalized spacial score (nSPS) is 11.9. The summed E-state index contributed by atoms with van der Waals surface area (Å²) in [4.78, 5) is 6.33. The van der Waals surface area contributed by atoms with Gasteiger partial charge in [0.2, 0.25) is 5.88 Å². The SMILES string of the molecule is Cc1cc(/C(N)=N/O)cc(OCCCN(C)C)n1. The highest BCUT2D eigenvalue weighted by Crippen LogP contribution is 2.12. The van der Waals surface area contributed by atoms with Crippen molar-refractivity contribution in [2.45, 2.75) is 13.3 Å². The van der Waals surface area contributed by atoms with Gasteiger partial charge in [-0.25, -0.2) is 4.98 Å². The first kappa shape index (κ1) is 14.2. The lowest BCUT2D eigenvalue weighted by atomic mass is 10.2. The number of aryl methyl sites for hydroxylation is 1. The molecule has 0 bridgehead atoms. The maximum Gasteiger partial charge on any atom is 0.214 e. The van der Waals surface area contributed by atoms with Crippen molar-refractivity contribution in [3.63, 3.8) is 0 Å². The van der Waals surface area contributed by atoms with Crippen molar-refractivity contribution in [2.24, 2.45) is 10.9 Å². The van der Waals surface area contributed by atoms with Crippen LogP contribution < -0.4 is 10.5 Å². The summed E-state index contributed by atoms with van der Waals surface area (Å²) in [5, 5.41) is 11.6. The fraction of sp³-hybridized carbons (Fsp3) is 0.500. The molecule has 100 valence electrons. The summed E-state index contributed by atoms with van der Waals surface area (Å²) in [7, 11) is 4.03. The second-order valence-corrected chi connectivity index (χ2v) is 4.33. The van der Waals surface area contributed by atoms with E-state index in [0.717, 1.165) is 18.7 Å². The van der Waals surface area contributed by atoms with Gasteiger partial charge in [0, 0.05) is 23.9 Å². The van der Waals surface area contributed by atoms with Crippen molar-refractivity contribution in [1.29, 1.82) is 0 Å². The first-order valence-corrected chi connectivity index (χ1v) is 5.77. The van der Waals surface area contributed by atoms with E-state index >= 15 is 0 Å². The predicted octanol–water partition coefficient (Wildman–Crippen LogP) is 0.815. The largest absolute Gasteiger partial charge is 0.478 e. The van der Waals surface area contributed by atoms with E-state index in [9.17, 15) is 0 Å². The van der Waals surface area contributed by atoms with Gasteiger partial charge in [-0.3, -0.25) is 0 Å². The molecule has 1 aromatic rings. The number of ether oxygens (including phenoxy) is 1. The van der Waals surface area contributed by atoms with Gasteiger partial charge in [0.05, 0.1) is 6.61 Å². The Morgan fingerprint density at radius 2 is 2.22 bits per heavy atom. The molecule has 18 heavy (non-hydrogen) atoms. The average molecular weight is 252 g/mol. The minimum absolute atomic E-state index is 0.0543. The maximum absolute atomic E-state index is 8.64. The van der Waals surface area contributed by atoms with Crippen molar-refractivity contribution in [3.8, 4) is 5.88 Å². The zero-order valence-corrected chi connectivity index (χ0v) is 11.1. The van der Waals surface area contributed by atoms with E-state index in [1.807, 2.05) is 21.0 Å². The Balaban J connectivity index is 2.63. The number of hydrogen-bond donors (Lipinski definition) is 2. The van der Waals surface area contributed by atoms with Crippen LogP contribution in [-0.2, 0) is 0 Å². The van der Waals surface area contributed by atoms with Crippen LogP contribution >= 0.6 is 0 Å². The second kappa shape index (κ2) is 6.80. The van der Waals surface area contributed by atoms with Gasteiger partial charge in [0.1, 0.15) is 0 Å². The first-order chi connectivity index (χ1) is 8.52. The number of rotatable bonds is 6. The summed E-state index contributed by atoms with van der Waals surface area (Å²) in [6.45, 7) is 3.38. The van der Waals surface area contributed by atoms with Crippen LogP contribution in [0.5, 0.6) is 5.88 Å². The minimum atomic E-state index is 0.0543. The lowest BCUT2D eigenvalue weighted by molar-refractivity contribution is 0.273. The van der Waals surface area contributed by atoms with E-state index in [4.69, 9.17) is 15.7 Å².